The molecule has 1 aliphatic rings. The van der Waals surface area contributed by atoms with Gasteiger partial charge in [-0.1, -0.05) is 45.4 Å². The summed E-state index contributed by atoms with van der Waals surface area (Å²) in [6.07, 6.45) is 2.13. The number of anilines is 1. The van der Waals surface area contributed by atoms with Gasteiger partial charge in [0.15, 0.2) is 5.76 Å². The molecule has 0 unspecified atom stereocenters. The number of ether oxygens (including phenoxy) is 1. The lowest BCUT2D eigenvalue weighted by Gasteiger charge is -2.25. The number of carbonyl (C=O) groups excluding carboxylic acids is 1. The van der Waals surface area contributed by atoms with Gasteiger partial charge < -0.3 is 9.26 Å². The molecule has 0 spiro atoms. The molecule has 27 heavy (non-hydrogen) atoms. The standard InChI is InChI=1S/C21H19BrN2O3/c1-13-19(20(27-24-13)15-9-11-16(22)12-10-15)23-21(25)26-18-8-4-6-14-5-2-3-7-17(14)18/h2-3,5,7,9-12,18H,4,6,8H2,1H3,(H,23,25)/t18-/m1/s1. The van der Waals surface area contributed by atoms with E-state index in [9.17, 15) is 4.79 Å². The molecule has 1 atom stereocenters. The van der Waals surface area contributed by atoms with Gasteiger partial charge in [0.05, 0.1) is 0 Å². The summed E-state index contributed by atoms with van der Waals surface area (Å²) in [7, 11) is 0. The van der Waals surface area contributed by atoms with Crippen molar-refractivity contribution in [2.75, 3.05) is 5.32 Å². The first-order valence-electron chi connectivity index (χ1n) is 8.89. The molecule has 0 saturated carbocycles. The van der Waals surface area contributed by atoms with E-state index >= 15 is 0 Å². The topological polar surface area (TPSA) is 64.4 Å². The highest BCUT2D eigenvalue weighted by Crippen LogP contribution is 2.34. The zero-order valence-corrected chi connectivity index (χ0v) is 16.5. The van der Waals surface area contributed by atoms with E-state index < -0.39 is 6.09 Å². The van der Waals surface area contributed by atoms with E-state index in [4.69, 9.17) is 9.26 Å². The Morgan fingerprint density at radius 3 is 2.81 bits per heavy atom. The molecular formula is C21H19BrN2O3. The van der Waals surface area contributed by atoms with Crippen LogP contribution in [-0.2, 0) is 11.2 Å². The Labute approximate surface area is 165 Å². The number of rotatable bonds is 3. The van der Waals surface area contributed by atoms with Gasteiger partial charge in [-0.25, -0.2) is 4.79 Å². The smallest absolute Gasteiger partial charge is 0.412 e. The molecule has 1 heterocycles. The van der Waals surface area contributed by atoms with Crippen molar-refractivity contribution in [2.45, 2.75) is 32.3 Å². The van der Waals surface area contributed by atoms with Crippen LogP contribution in [0.25, 0.3) is 11.3 Å². The maximum atomic E-state index is 12.6. The van der Waals surface area contributed by atoms with Crippen LogP contribution in [0.5, 0.6) is 0 Å². The maximum absolute atomic E-state index is 12.6. The van der Waals surface area contributed by atoms with E-state index in [1.807, 2.05) is 42.5 Å². The lowest BCUT2D eigenvalue weighted by Crippen LogP contribution is -2.21. The van der Waals surface area contributed by atoms with E-state index in [1.54, 1.807) is 6.92 Å². The van der Waals surface area contributed by atoms with Gasteiger partial charge in [0.1, 0.15) is 17.5 Å². The molecule has 1 amide bonds. The lowest BCUT2D eigenvalue weighted by molar-refractivity contribution is 0.0999. The van der Waals surface area contributed by atoms with Gasteiger partial charge in [-0.15, -0.1) is 0 Å². The van der Waals surface area contributed by atoms with Crippen molar-refractivity contribution >= 4 is 27.7 Å². The average molecular weight is 427 g/mol. The van der Waals surface area contributed by atoms with Gasteiger partial charge in [-0.2, -0.15) is 0 Å². The van der Waals surface area contributed by atoms with Crippen LogP contribution in [0.4, 0.5) is 10.5 Å². The zero-order chi connectivity index (χ0) is 18.8. The quantitative estimate of drug-likeness (QED) is 0.554. The molecule has 4 rings (SSSR count). The average Bonchev–Trinajstić information content (AvgIpc) is 3.03. The highest BCUT2D eigenvalue weighted by molar-refractivity contribution is 9.10. The molecule has 1 aromatic heterocycles. The minimum absolute atomic E-state index is 0.230. The van der Waals surface area contributed by atoms with Crippen LogP contribution in [0.15, 0.2) is 57.5 Å². The van der Waals surface area contributed by atoms with Crippen LogP contribution in [0.1, 0.15) is 35.8 Å². The van der Waals surface area contributed by atoms with Crippen LogP contribution < -0.4 is 5.32 Å². The summed E-state index contributed by atoms with van der Waals surface area (Å²) in [5.41, 5.74) is 4.31. The summed E-state index contributed by atoms with van der Waals surface area (Å²) in [5.74, 6) is 0.515. The van der Waals surface area contributed by atoms with Crippen molar-refractivity contribution in [3.8, 4) is 11.3 Å². The summed E-state index contributed by atoms with van der Waals surface area (Å²) in [5, 5.41) is 6.82. The summed E-state index contributed by atoms with van der Waals surface area (Å²) in [6.45, 7) is 1.79. The molecule has 2 aromatic carbocycles. The second-order valence-electron chi connectivity index (χ2n) is 6.59. The molecule has 6 heteroatoms. The number of hydrogen-bond donors (Lipinski definition) is 1. The summed E-state index contributed by atoms with van der Waals surface area (Å²) >= 11 is 3.41. The van der Waals surface area contributed by atoms with Crippen LogP contribution >= 0.6 is 15.9 Å². The fourth-order valence-corrected chi connectivity index (χ4v) is 3.67. The van der Waals surface area contributed by atoms with Crippen molar-refractivity contribution in [1.82, 2.24) is 5.16 Å². The number of aromatic nitrogens is 1. The fourth-order valence-electron chi connectivity index (χ4n) is 3.41. The molecule has 0 bridgehead atoms. The van der Waals surface area contributed by atoms with E-state index in [-0.39, 0.29) is 6.10 Å². The highest BCUT2D eigenvalue weighted by Gasteiger charge is 2.25. The number of nitrogens with zero attached hydrogens (tertiary/aromatic N) is 1. The molecule has 0 aliphatic heterocycles. The molecule has 0 saturated heterocycles. The van der Waals surface area contributed by atoms with E-state index in [0.717, 1.165) is 34.9 Å². The first-order chi connectivity index (χ1) is 13.1. The number of carbonyl (C=O) groups is 1. The third-order valence-electron chi connectivity index (χ3n) is 4.76. The van der Waals surface area contributed by atoms with Gasteiger partial charge in [0, 0.05) is 10.0 Å². The number of halogens is 1. The van der Waals surface area contributed by atoms with Crippen molar-refractivity contribution in [3.05, 3.63) is 69.8 Å². The molecule has 0 fully saturated rings. The van der Waals surface area contributed by atoms with E-state index in [0.29, 0.717) is 17.1 Å². The number of nitrogens with one attached hydrogen (secondary N) is 1. The van der Waals surface area contributed by atoms with Crippen molar-refractivity contribution in [3.63, 3.8) is 0 Å². The fraction of sp³-hybridized carbons (Fsp3) is 0.238. The molecule has 0 radical (unpaired) electrons. The van der Waals surface area contributed by atoms with Crippen LogP contribution in [-0.4, -0.2) is 11.2 Å². The van der Waals surface area contributed by atoms with Gasteiger partial charge in [-0.3, -0.25) is 5.32 Å². The second kappa shape index (κ2) is 7.56. The van der Waals surface area contributed by atoms with Crippen molar-refractivity contribution in [1.29, 1.82) is 0 Å². The Balaban J connectivity index is 1.53. The molecule has 5 nitrogen and oxygen atoms in total. The maximum Gasteiger partial charge on any atom is 0.412 e. The van der Waals surface area contributed by atoms with Crippen LogP contribution in [0.2, 0.25) is 0 Å². The molecular weight excluding hydrogens is 408 g/mol. The normalized spacial score (nSPS) is 15.9. The monoisotopic (exact) mass is 426 g/mol. The Hall–Kier alpha value is -2.60. The molecule has 138 valence electrons. The third-order valence-corrected chi connectivity index (χ3v) is 5.29. The minimum atomic E-state index is -0.499. The number of benzene rings is 2. The Bertz CT molecular complexity index is 966. The predicted octanol–water partition coefficient (Wildman–Crippen LogP) is 6.04. The Morgan fingerprint density at radius 2 is 2.00 bits per heavy atom. The van der Waals surface area contributed by atoms with Gasteiger partial charge in [-0.05, 0) is 61.6 Å². The SMILES string of the molecule is Cc1noc(-c2ccc(Br)cc2)c1NC(=O)O[C@@H]1CCCc2ccccc21. The molecule has 3 aromatic rings. The van der Waals surface area contributed by atoms with E-state index in [1.165, 1.54) is 5.56 Å². The summed E-state index contributed by atoms with van der Waals surface area (Å²) < 4.78 is 12.1. The first kappa shape index (κ1) is 17.8. The Kier molecular flexibility index (Phi) is 4.99. The van der Waals surface area contributed by atoms with Crippen molar-refractivity contribution in [2.24, 2.45) is 0 Å². The van der Waals surface area contributed by atoms with Gasteiger partial charge in [0.2, 0.25) is 0 Å². The van der Waals surface area contributed by atoms with E-state index in [2.05, 4.69) is 32.5 Å². The number of hydrogen-bond acceptors (Lipinski definition) is 4. The summed E-state index contributed by atoms with van der Waals surface area (Å²) in [4.78, 5) is 12.6. The number of aryl methyl sites for hydroxylation is 2. The molecule has 1 N–H and O–H groups in total. The lowest BCUT2D eigenvalue weighted by atomic mass is 9.89. The second-order valence-corrected chi connectivity index (χ2v) is 7.50. The van der Waals surface area contributed by atoms with Crippen LogP contribution in [0.3, 0.4) is 0 Å². The Morgan fingerprint density at radius 1 is 1.22 bits per heavy atom. The van der Waals surface area contributed by atoms with Crippen LogP contribution in [0, 0.1) is 6.92 Å². The number of amides is 1. The first-order valence-corrected chi connectivity index (χ1v) is 9.69. The van der Waals surface area contributed by atoms with Crippen molar-refractivity contribution < 1.29 is 14.1 Å². The minimum Gasteiger partial charge on any atom is -0.441 e. The number of fused-ring (bicyclic) bond motifs is 1. The largest absolute Gasteiger partial charge is 0.441 e. The zero-order valence-electron chi connectivity index (χ0n) is 14.9. The summed E-state index contributed by atoms with van der Waals surface area (Å²) in [6, 6.07) is 15.8. The predicted molar refractivity (Wildman–Crippen MR) is 107 cm³/mol. The van der Waals surface area contributed by atoms with Gasteiger partial charge >= 0.3 is 6.09 Å². The van der Waals surface area contributed by atoms with Gasteiger partial charge in [0.25, 0.3) is 0 Å². The highest BCUT2D eigenvalue weighted by atomic mass is 79.9. The molecule has 1 aliphatic carbocycles. The third kappa shape index (κ3) is 3.76.